The second-order valence-corrected chi connectivity index (χ2v) is 6.11. The minimum Gasteiger partial charge on any atom is -0.507 e. The second kappa shape index (κ2) is 6.20. The Balaban J connectivity index is 2.33. The van der Waals surface area contributed by atoms with E-state index in [0.29, 0.717) is 11.5 Å². The van der Waals surface area contributed by atoms with E-state index >= 15 is 0 Å². The van der Waals surface area contributed by atoms with Gasteiger partial charge >= 0.3 is 0 Å². The lowest BCUT2D eigenvalue weighted by molar-refractivity contribution is 0.103. The Kier molecular flexibility index (Phi) is 4.50. The Bertz CT molecular complexity index is 729. The molecule has 0 aromatic heterocycles. The first-order chi connectivity index (χ1) is 10.7. The summed E-state index contributed by atoms with van der Waals surface area (Å²) >= 11 is 0. The summed E-state index contributed by atoms with van der Waals surface area (Å²) in [6, 6.07) is 8.85. The minimum atomic E-state index is -0.482. The molecule has 0 saturated carbocycles. The van der Waals surface area contributed by atoms with E-state index in [4.69, 9.17) is 9.47 Å². The van der Waals surface area contributed by atoms with E-state index in [-0.39, 0.29) is 22.6 Å². The highest BCUT2D eigenvalue weighted by atomic mass is 16.5. The van der Waals surface area contributed by atoms with Crippen molar-refractivity contribution in [3.8, 4) is 23.0 Å². The van der Waals surface area contributed by atoms with Crippen LogP contribution in [0.4, 0.5) is 0 Å². The van der Waals surface area contributed by atoms with Crippen LogP contribution in [0.2, 0.25) is 0 Å². The van der Waals surface area contributed by atoms with Gasteiger partial charge in [0.15, 0.2) is 5.78 Å². The van der Waals surface area contributed by atoms with Gasteiger partial charge in [0.1, 0.15) is 28.6 Å². The van der Waals surface area contributed by atoms with Gasteiger partial charge in [-0.2, -0.15) is 0 Å². The first-order valence-electron chi connectivity index (χ1n) is 7.15. The molecule has 0 heterocycles. The van der Waals surface area contributed by atoms with Gasteiger partial charge in [0.25, 0.3) is 0 Å². The number of hydrogen-bond acceptors (Lipinski definition) is 5. The van der Waals surface area contributed by atoms with Gasteiger partial charge in [-0.25, -0.2) is 0 Å². The van der Waals surface area contributed by atoms with E-state index < -0.39 is 11.4 Å². The van der Waals surface area contributed by atoms with E-state index in [1.807, 2.05) is 20.8 Å². The Labute approximate surface area is 135 Å². The Morgan fingerprint density at radius 3 is 1.83 bits per heavy atom. The fourth-order valence-electron chi connectivity index (χ4n) is 2.10. The van der Waals surface area contributed by atoms with E-state index in [1.54, 1.807) is 12.1 Å². The number of hydrogen-bond donors (Lipinski definition) is 2. The lowest BCUT2D eigenvalue weighted by Crippen LogP contribution is -2.22. The van der Waals surface area contributed by atoms with Gasteiger partial charge in [0, 0.05) is 12.1 Å². The van der Waals surface area contributed by atoms with E-state index in [1.165, 1.54) is 31.4 Å². The van der Waals surface area contributed by atoms with Crippen LogP contribution in [0.15, 0.2) is 36.4 Å². The summed E-state index contributed by atoms with van der Waals surface area (Å²) in [6.07, 6.45) is 0. The number of phenolic OH excluding ortho intramolecular Hbond substituents is 2. The largest absolute Gasteiger partial charge is 0.507 e. The number of benzene rings is 2. The lowest BCUT2D eigenvalue weighted by Gasteiger charge is -2.21. The summed E-state index contributed by atoms with van der Waals surface area (Å²) in [5.41, 5.74) is -0.232. The van der Waals surface area contributed by atoms with E-state index in [0.717, 1.165) is 0 Å². The monoisotopic (exact) mass is 316 g/mol. The van der Waals surface area contributed by atoms with E-state index in [2.05, 4.69) is 0 Å². The number of aromatic hydroxyl groups is 2. The molecule has 5 nitrogen and oxygen atoms in total. The smallest absolute Gasteiger partial charge is 0.200 e. The van der Waals surface area contributed by atoms with Crippen LogP contribution in [0.1, 0.15) is 36.7 Å². The molecule has 2 aromatic carbocycles. The van der Waals surface area contributed by atoms with Crippen LogP contribution in [-0.2, 0) is 0 Å². The predicted molar refractivity (Wildman–Crippen MR) is 86.6 cm³/mol. The number of carbonyl (C=O) groups excluding carboxylic acids is 1. The standard InChI is InChI=1S/C18H20O5/c1-18(2,3)23-12-6-8-14(16(20)10-12)17(21)13-7-5-11(22-4)9-15(13)19/h5-10,19-20H,1-4H3. The molecular weight excluding hydrogens is 296 g/mol. The fraction of sp³-hybridized carbons (Fsp3) is 0.278. The van der Waals surface area contributed by atoms with Gasteiger partial charge < -0.3 is 19.7 Å². The molecule has 0 bridgehead atoms. The molecular formula is C18H20O5. The maximum absolute atomic E-state index is 12.5. The average Bonchev–Trinajstić information content (AvgIpc) is 2.44. The number of ether oxygens (including phenoxy) is 2. The van der Waals surface area contributed by atoms with Crippen LogP contribution in [0.5, 0.6) is 23.0 Å². The van der Waals surface area contributed by atoms with Crippen molar-refractivity contribution < 1.29 is 24.5 Å². The first-order valence-corrected chi connectivity index (χ1v) is 7.15. The number of methoxy groups -OCH3 is 1. The molecule has 0 saturated heterocycles. The first kappa shape index (κ1) is 16.7. The van der Waals surface area contributed by atoms with Gasteiger partial charge in [-0.15, -0.1) is 0 Å². The van der Waals surface area contributed by atoms with Crippen molar-refractivity contribution in [2.45, 2.75) is 26.4 Å². The summed E-state index contributed by atoms with van der Waals surface area (Å²) in [6.45, 7) is 5.66. The summed E-state index contributed by atoms with van der Waals surface area (Å²) < 4.78 is 10.6. The van der Waals surface area contributed by atoms with Gasteiger partial charge in [0.05, 0.1) is 18.2 Å². The predicted octanol–water partition coefficient (Wildman–Crippen LogP) is 3.51. The van der Waals surface area contributed by atoms with Crippen LogP contribution in [0, 0.1) is 0 Å². The number of phenols is 2. The molecule has 0 aliphatic carbocycles. The van der Waals surface area contributed by atoms with Crippen molar-refractivity contribution in [2.24, 2.45) is 0 Å². The summed E-state index contributed by atoms with van der Waals surface area (Å²) in [7, 11) is 1.47. The molecule has 2 rings (SSSR count). The Morgan fingerprint density at radius 2 is 1.39 bits per heavy atom. The normalized spacial score (nSPS) is 11.1. The molecule has 0 fully saturated rings. The highest BCUT2D eigenvalue weighted by Crippen LogP contribution is 2.31. The Hall–Kier alpha value is -2.69. The maximum Gasteiger partial charge on any atom is 0.200 e. The number of rotatable bonds is 4. The highest BCUT2D eigenvalue weighted by molar-refractivity contribution is 6.12. The van der Waals surface area contributed by atoms with Crippen molar-refractivity contribution in [2.75, 3.05) is 7.11 Å². The van der Waals surface area contributed by atoms with Crippen LogP contribution in [0.3, 0.4) is 0 Å². The molecule has 122 valence electrons. The average molecular weight is 316 g/mol. The summed E-state index contributed by atoms with van der Waals surface area (Å²) in [5.74, 6) is 0.0170. The van der Waals surface area contributed by atoms with Crippen LogP contribution < -0.4 is 9.47 Å². The van der Waals surface area contributed by atoms with Gasteiger partial charge in [-0.05, 0) is 45.0 Å². The van der Waals surface area contributed by atoms with Crippen molar-refractivity contribution in [1.82, 2.24) is 0 Å². The molecule has 5 heteroatoms. The van der Waals surface area contributed by atoms with Crippen molar-refractivity contribution in [1.29, 1.82) is 0 Å². The third kappa shape index (κ3) is 3.94. The van der Waals surface area contributed by atoms with Gasteiger partial charge in [-0.3, -0.25) is 4.79 Å². The summed E-state index contributed by atoms with van der Waals surface area (Å²) in [5, 5.41) is 20.0. The highest BCUT2D eigenvalue weighted by Gasteiger charge is 2.19. The minimum absolute atomic E-state index is 0.0885. The van der Waals surface area contributed by atoms with Crippen molar-refractivity contribution in [3.63, 3.8) is 0 Å². The van der Waals surface area contributed by atoms with Crippen molar-refractivity contribution in [3.05, 3.63) is 47.5 Å². The lowest BCUT2D eigenvalue weighted by atomic mass is 10.0. The molecule has 0 spiro atoms. The van der Waals surface area contributed by atoms with E-state index in [9.17, 15) is 15.0 Å². The third-order valence-electron chi connectivity index (χ3n) is 3.09. The second-order valence-electron chi connectivity index (χ2n) is 6.11. The van der Waals surface area contributed by atoms with Gasteiger partial charge in [-0.1, -0.05) is 0 Å². The quantitative estimate of drug-likeness (QED) is 0.844. The zero-order valence-electron chi connectivity index (χ0n) is 13.6. The number of ketones is 1. The Morgan fingerprint density at radius 1 is 0.913 bits per heavy atom. The molecule has 0 amide bonds. The molecule has 0 radical (unpaired) electrons. The van der Waals surface area contributed by atoms with Crippen molar-refractivity contribution >= 4 is 5.78 Å². The van der Waals surface area contributed by atoms with Crippen LogP contribution in [0.25, 0.3) is 0 Å². The summed E-state index contributed by atoms with van der Waals surface area (Å²) in [4.78, 5) is 12.5. The zero-order valence-corrected chi connectivity index (χ0v) is 13.6. The third-order valence-corrected chi connectivity index (χ3v) is 3.09. The molecule has 0 unspecified atom stereocenters. The molecule has 2 N–H and O–H groups in total. The molecule has 0 aliphatic rings. The fourth-order valence-corrected chi connectivity index (χ4v) is 2.10. The molecule has 0 atom stereocenters. The van der Waals surface area contributed by atoms with Crippen LogP contribution in [-0.4, -0.2) is 28.7 Å². The SMILES string of the molecule is COc1ccc(C(=O)c2ccc(OC(C)(C)C)cc2O)c(O)c1. The molecule has 0 aliphatic heterocycles. The number of carbonyl (C=O) groups is 1. The topological polar surface area (TPSA) is 76.0 Å². The molecule has 2 aromatic rings. The molecule has 23 heavy (non-hydrogen) atoms. The van der Waals surface area contributed by atoms with Crippen LogP contribution >= 0.6 is 0 Å². The zero-order chi connectivity index (χ0) is 17.2. The van der Waals surface area contributed by atoms with Gasteiger partial charge in [0.2, 0.25) is 0 Å². The maximum atomic E-state index is 12.5.